The third-order valence-electron chi connectivity index (χ3n) is 3.05. The Morgan fingerprint density at radius 1 is 1.17 bits per heavy atom. The zero-order valence-corrected chi connectivity index (χ0v) is 13.1. The first-order valence-electron chi connectivity index (χ1n) is 7.38. The Balaban J connectivity index is 1.63. The van der Waals surface area contributed by atoms with Gasteiger partial charge in [0.2, 0.25) is 5.89 Å². The predicted molar refractivity (Wildman–Crippen MR) is 90.9 cm³/mol. The summed E-state index contributed by atoms with van der Waals surface area (Å²) in [5.41, 5.74) is 6.65. The second-order valence-electron chi connectivity index (χ2n) is 5.00. The fourth-order valence-electron chi connectivity index (χ4n) is 2.01. The maximum Gasteiger partial charge on any atom is 0.223 e. The number of guanidine groups is 1. The largest absolute Gasteiger partial charge is 0.457 e. The van der Waals surface area contributed by atoms with E-state index in [1.54, 1.807) is 6.92 Å². The molecule has 7 nitrogen and oxygen atoms in total. The number of para-hydroxylation sites is 1. The van der Waals surface area contributed by atoms with Crippen LogP contribution in [0, 0.1) is 6.92 Å². The third-order valence-corrected chi connectivity index (χ3v) is 3.05. The van der Waals surface area contributed by atoms with Gasteiger partial charge in [0.05, 0.1) is 0 Å². The molecule has 0 amide bonds. The molecule has 0 radical (unpaired) electrons. The predicted octanol–water partition coefficient (Wildman–Crippen LogP) is 3.10. The Morgan fingerprint density at radius 3 is 2.71 bits per heavy atom. The zero-order chi connectivity index (χ0) is 16.8. The van der Waals surface area contributed by atoms with Gasteiger partial charge in [-0.05, 0) is 24.3 Å². The van der Waals surface area contributed by atoms with Gasteiger partial charge in [0.25, 0.3) is 0 Å². The number of nitrogens with one attached hydrogen (secondary N) is 1. The molecule has 0 fully saturated rings. The van der Waals surface area contributed by atoms with Crippen molar-refractivity contribution in [2.45, 2.75) is 13.5 Å². The minimum Gasteiger partial charge on any atom is -0.457 e. The molecular formula is C17H17N5O2. The number of rotatable bonds is 5. The summed E-state index contributed by atoms with van der Waals surface area (Å²) in [5.74, 6) is 2.71. The first-order valence-corrected chi connectivity index (χ1v) is 7.38. The van der Waals surface area contributed by atoms with Gasteiger partial charge >= 0.3 is 0 Å². The van der Waals surface area contributed by atoms with Crippen molar-refractivity contribution in [2.75, 3.05) is 5.32 Å². The Hall–Kier alpha value is -3.35. The van der Waals surface area contributed by atoms with Crippen LogP contribution in [0.4, 0.5) is 5.69 Å². The summed E-state index contributed by atoms with van der Waals surface area (Å²) in [5, 5.41) is 6.77. The molecule has 3 rings (SSSR count). The van der Waals surface area contributed by atoms with Crippen LogP contribution in [-0.2, 0) is 6.54 Å². The van der Waals surface area contributed by atoms with Gasteiger partial charge in [0.1, 0.15) is 18.0 Å². The molecule has 0 bridgehead atoms. The Bertz CT molecular complexity index is 830. The van der Waals surface area contributed by atoms with Crippen molar-refractivity contribution >= 4 is 11.6 Å². The average Bonchev–Trinajstić information content (AvgIpc) is 3.00. The van der Waals surface area contributed by atoms with E-state index in [9.17, 15) is 0 Å². The molecule has 122 valence electrons. The number of nitrogens with two attached hydrogens (primary N) is 1. The maximum atomic E-state index is 5.87. The van der Waals surface area contributed by atoms with Crippen LogP contribution in [-0.4, -0.2) is 16.1 Å². The number of anilines is 1. The molecule has 7 heteroatoms. The van der Waals surface area contributed by atoms with Crippen LogP contribution < -0.4 is 15.8 Å². The smallest absolute Gasteiger partial charge is 0.223 e. The van der Waals surface area contributed by atoms with Crippen molar-refractivity contribution in [3.63, 3.8) is 0 Å². The quantitative estimate of drug-likeness (QED) is 0.553. The fourth-order valence-corrected chi connectivity index (χ4v) is 2.01. The van der Waals surface area contributed by atoms with Crippen LogP contribution >= 0.6 is 0 Å². The number of aliphatic imine (C=N–C) groups is 1. The number of ether oxygens (including phenoxy) is 1. The highest BCUT2D eigenvalue weighted by Crippen LogP contribution is 2.23. The lowest BCUT2D eigenvalue weighted by molar-refractivity contribution is 0.387. The number of aryl methyl sites for hydroxylation is 1. The van der Waals surface area contributed by atoms with Crippen LogP contribution in [0.15, 0.2) is 64.1 Å². The monoisotopic (exact) mass is 323 g/mol. The minimum atomic E-state index is 0.246. The van der Waals surface area contributed by atoms with Crippen LogP contribution in [0.5, 0.6) is 11.5 Å². The van der Waals surface area contributed by atoms with E-state index in [0.717, 1.165) is 11.4 Å². The van der Waals surface area contributed by atoms with E-state index in [2.05, 4.69) is 20.4 Å². The number of benzene rings is 2. The lowest BCUT2D eigenvalue weighted by Gasteiger charge is -2.09. The Morgan fingerprint density at radius 2 is 1.96 bits per heavy atom. The van der Waals surface area contributed by atoms with Crippen molar-refractivity contribution in [1.29, 1.82) is 0 Å². The van der Waals surface area contributed by atoms with E-state index < -0.39 is 0 Å². The van der Waals surface area contributed by atoms with Gasteiger partial charge in [0, 0.05) is 18.7 Å². The lowest BCUT2D eigenvalue weighted by Crippen LogP contribution is -2.22. The molecule has 0 aliphatic heterocycles. The van der Waals surface area contributed by atoms with E-state index in [-0.39, 0.29) is 12.5 Å². The highest BCUT2D eigenvalue weighted by Gasteiger charge is 2.03. The lowest BCUT2D eigenvalue weighted by atomic mass is 10.3. The van der Waals surface area contributed by atoms with Crippen LogP contribution in [0.1, 0.15) is 11.7 Å². The van der Waals surface area contributed by atoms with Gasteiger partial charge in [-0.1, -0.05) is 29.4 Å². The van der Waals surface area contributed by atoms with E-state index in [1.807, 2.05) is 54.6 Å². The second kappa shape index (κ2) is 7.28. The molecule has 1 aromatic heterocycles. The van der Waals surface area contributed by atoms with Crippen LogP contribution in [0.2, 0.25) is 0 Å². The topological polar surface area (TPSA) is 98.6 Å². The van der Waals surface area contributed by atoms with Gasteiger partial charge in [-0.3, -0.25) is 0 Å². The minimum absolute atomic E-state index is 0.246. The Labute approximate surface area is 139 Å². The Kier molecular flexibility index (Phi) is 4.71. The third kappa shape index (κ3) is 4.33. The van der Waals surface area contributed by atoms with Crippen molar-refractivity contribution in [2.24, 2.45) is 10.7 Å². The van der Waals surface area contributed by atoms with Gasteiger partial charge in [-0.25, -0.2) is 4.99 Å². The van der Waals surface area contributed by atoms with E-state index >= 15 is 0 Å². The number of hydrogen-bond donors (Lipinski definition) is 2. The summed E-state index contributed by atoms with van der Waals surface area (Å²) < 4.78 is 10.7. The van der Waals surface area contributed by atoms with E-state index in [4.69, 9.17) is 15.0 Å². The van der Waals surface area contributed by atoms with Crippen molar-refractivity contribution in [3.05, 3.63) is 66.3 Å². The fraction of sp³-hybridized carbons (Fsp3) is 0.118. The molecule has 0 atom stereocenters. The molecule has 24 heavy (non-hydrogen) atoms. The van der Waals surface area contributed by atoms with Gasteiger partial charge < -0.3 is 20.3 Å². The summed E-state index contributed by atoms with van der Waals surface area (Å²) in [6.07, 6.45) is 0. The molecule has 0 spiro atoms. The SMILES string of the molecule is Cc1nc(CN=C(N)Nc2cccc(Oc3ccccc3)c2)no1. The maximum absolute atomic E-state index is 5.87. The summed E-state index contributed by atoms with van der Waals surface area (Å²) in [7, 11) is 0. The van der Waals surface area contributed by atoms with Crippen LogP contribution in [0.3, 0.4) is 0 Å². The number of aromatic nitrogens is 2. The normalized spacial score (nSPS) is 11.3. The number of nitrogens with zero attached hydrogens (tertiary/aromatic N) is 3. The summed E-state index contributed by atoms with van der Waals surface area (Å²) in [6, 6.07) is 17.0. The molecule has 0 saturated heterocycles. The van der Waals surface area contributed by atoms with Crippen LogP contribution in [0.25, 0.3) is 0 Å². The van der Waals surface area contributed by atoms with Gasteiger partial charge in [-0.2, -0.15) is 4.98 Å². The summed E-state index contributed by atoms with van der Waals surface area (Å²) in [4.78, 5) is 8.24. The van der Waals surface area contributed by atoms with Crippen molar-refractivity contribution in [3.8, 4) is 11.5 Å². The van der Waals surface area contributed by atoms with E-state index in [0.29, 0.717) is 17.5 Å². The second-order valence-corrected chi connectivity index (χ2v) is 5.00. The molecule has 2 aromatic carbocycles. The average molecular weight is 323 g/mol. The molecular weight excluding hydrogens is 306 g/mol. The highest BCUT2D eigenvalue weighted by atomic mass is 16.5. The molecule has 3 N–H and O–H groups in total. The van der Waals surface area contributed by atoms with Gasteiger partial charge in [0.15, 0.2) is 11.8 Å². The first kappa shape index (κ1) is 15.5. The molecule has 0 unspecified atom stereocenters. The van der Waals surface area contributed by atoms with E-state index in [1.165, 1.54) is 0 Å². The van der Waals surface area contributed by atoms with Gasteiger partial charge in [-0.15, -0.1) is 0 Å². The molecule has 0 aliphatic carbocycles. The first-order chi connectivity index (χ1) is 11.7. The standard InChI is InChI=1S/C17H17N5O2/c1-12-20-16(22-24-12)11-19-17(18)21-13-6-5-9-15(10-13)23-14-7-3-2-4-8-14/h2-10H,11H2,1H3,(H3,18,19,21). The molecule has 1 heterocycles. The van der Waals surface area contributed by atoms with Crippen molar-refractivity contribution < 1.29 is 9.26 Å². The molecule has 0 aliphatic rings. The zero-order valence-electron chi connectivity index (χ0n) is 13.1. The van der Waals surface area contributed by atoms with Crippen molar-refractivity contribution in [1.82, 2.24) is 10.1 Å². The summed E-state index contributed by atoms with van der Waals surface area (Å²) >= 11 is 0. The number of hydrogen-bond acceptors (Lipinski definition) is 5. The highest BCUT2D eigenvalue weighted by molar-refractivity contribution is 5.92. The molecule has 0 saturated carbocycles. The molecule has 3 aromatic rings. The summed E-state index contributed by atoms with van der Waals surface area (Å²) in [6.45, 7) is 1.97.